The zero-order chi connectivity index (χ0) is 13.2. The fraction of sp³-hybridized carbons (Fsp3) is 0.571. The van der Waals surface area contributed by atoms with Crippen LogP contribution in [0.5, 0.6) is 0 Å². The number of hydrogen-bond acceptors (Lipinski definition) is 2. The number of aliphatic hydroxyl groups excluding tert-OH is 1. The molecule has 0 heterocycles. The summed E-state index contributed by atoms with van der Waals surface area (Å²) in [6.45, 7) is 0.468. The predicted octanol–water partition coefficient (Wildman–Crippen LogP) is 3.94. The molecule has 2 nitrogen and oxygen atoms in total. The topological polar surface area (TPSA) is 46.2 Å². The summed E-state index contributed by atoms with van der Waals surface area (Å²) in [6.07, 6.45) is 4.62. The molecule has 0 radical (unpaired) electrons. The van der Waals surface area contributed by atoms with E-state index in [1.54, 1.807) is 18.2 Å². The van der Waals surface area contributed by atoms with E-state index >= 15 is 0 Å². The molecule has 1 fully saturated rings. The lowest BCUT2D eigenvalue weighted by Gasteiger charge is -2.41. The molecule has 100 valence electrons. The number of rotatable bonds is 3. The Kier molecular flexibility index (Phi) is 4.54. The van der Waals surface area contributed by atoms with E-state index in [1.165, 1.54) is 6.42 Å². The van der Waals surface area contributed by atoms with Crippen LogP contribution in [-0.4, -0.2) is 11.7 Å². The van der Waals surface area contributed by atoms with Crippen molar-refractivity contribution >= 4 is 23.2 Å². The second kappa shape index (κ2) is 5.79. The highest BCUT2D eigenvalue weighted by Crippen LogP contribution is 2.48. The van der Waals surface area contributed by atoms with Crippen LogP contribution in [0.15, 0.2) is 18.2 Å². The summed E-state index contributed by atoms with van der Waals surface area (Å²) >= 11 is 12.4. The summed E-state index contributed by atoms with van der Waals surface area (Å²) in [5, 5.41) is 11.8. The molecule has 1 aromatic carbocycles. The number of benzene rings is 1. The molecule has 1 aliphatic rings. The molecule has 0 aliphatic heterocycles. The number of hydrogen-bond donors (Lipinski definition) is 2. The minimum absolute atomic E-state index is 0.271. The van der Waals surface area contributed by atoms with Crippen molar-refractivity contribution in [1.29, 1.82) is 0 Å². The Morgan fingerprint density at radius 2 is 1.72 bits per heavy atom. The summed E-state index contributed by atoms with van der Waals surface area (Å²) in [4.78, 5) is 0. The molecule has 4 heteroatoms. The van der Waals surface area contributed by atoms with E-state index in [9.17, 15) is 5.11 Å². The molecular formula is C14H19Cl2NO. The second-order valence-corrected chi connectivity index (χ2v) is 5.98. The van der Waals surface area contributed by atoms with Crippen molar-refractivity contribution in [3.63, 3.8) is 0 Å². The molecule has 3 N–H and O–H groups in total. The zero-order valence-electron chi connectivity index (χ0n) is 10.3. The number of nitrogens with two attached hydrogens (primary N) is 1. The van der Waals surface area contributed by atoms with Crippen LogP contribution in [0.2, 0.25) is 10.0 Å². The fourth-order valence-electron chi connectivity index (χ4n) is 2.92. The van der Waals surface area contributed by atoms with E-state index in [0.717, 1.165) is 25.7 Å². The minimum atomic E-state index is -0.677. The molecule has 1 aliphatic carbocycles. The molecule has 1 saturated carbocycles. The molecule has 0 amide bonds. The second-order valence-electron chi connectivity index (χ2n) is 5.17. The average molecular weight is 288 g/mol. The molecule has 0 saturated heterocycles. The first-order chi connectivity index (χ1) is 8.60. The van der Waals surface area contributed by atoms with Crippen LogP contribution in [0.4, 0.5) is 0 Å². The molecular weight excluding hydrogens is 269 g/mol. The maximum absolute atomic E-state index is 10.7. The standard InChI is InChI=1S/C14H19Cl2NO/c15-10-5-4-6-11(16)12(10)13(18)14(9-17)7-2-1-3-8-14/h4-6,13,18H,1-3,7-9,17H2. The summed E-state index contributed by atoms with van der Waals surface area (Å²) in [5.41, 5.74) is 6.29. The van der Waals surface area contributed by atoms with Gasteiger partial charge in [0.25, 0.3) is 0 Å². The largest absolute Gasteiger partial charge is 0.388 e. The maximum atomic E-state index is 10.7. The van der Waals surface area contributed by atoms with Gasteiger partial charge in [-0.3, -0.25) is 0 Å². The van der Waals surface area contributed by atoms with Crippen molar-refractivity contribution in [2.75, 3.05) is 6.54 Å². The Bertz CT molecular complexity index is 396. The van der Waals surface area contributed by atoms with Gasteiger partial charge < -0.3 is 10.8 Å². The van der Waals surface area contributed by atoms with Crippen LogP contribution in [-0.2, 0) is 0 Å². The van der Waals surface area contributed by atoms with Gasteiger partial charge >= 0.3 is 0 Å². The van der Waals surface area contributed by atoms with Crippen LogP contribution < -0.4 is 5.73 Å². The van der Waals surface area contributed by atoms with Crippen molar-refractivity contribution in [3.05, 3.63) is 33.8 Å². The van der Waals surface area contributed by atoms with E-state index in [0.29, 0.717) is 22.2 Å². The average Bonchev–Trinajstić information content (AvgIpc) is 2.39. The van der Waals surface area contributed by atoms with Crippen molar-refractivity contribution in [3.8, 4) is 0 Å². The minimum Gasteiger partial charge on any atom is -0.388 e. The molecule has 1 aromatic rings. The highest BCUT2D eigenvalue weighted by Gasteiger charge is 2.40. The zero-order valence-corrected chi connectivity index (χ0v) is 11.8. The van der Waals surface area contributed by atoms with Gasteiger partial charge in [-0.25, -0.2) is 0 Å². The number of aliphatic hydroxyl groups is 1. The van der Waals surface area contributed by atoms with Gasteiger partial charge in [-0.15, -0.1) is 0 Å². The third-order valence-electron chi connectivity index (χ3n) is 4.11. The van der Waals surface area contributed by atoms with Gasteiger partial charge in [0, 0.05) is 27.6 Å². The van der Waals surface area contributed by atoms with Crippen LogP contribution >= 0.6 is 23.2 Å². The van der Waals surface area contributed by atoms with Gasteiger partial charge in [-0.1, -0.05) is 48.5 Å². The quantitative estimate of drug-likeness (QED) is 0.885. The fourth-order valence-corrected chi connectivity index (χ4v) is 3.53. The predicted molar refractivity (Wildman–Crippen MR) is 76.0 cm³/mol. The normalized spacial score (nSPS) is 20.7. The van der Waals surface area contributed by atoms with Gasteiger partial charge in [0.1, 0.15) is 0 Å². The molecule has 0 bridgehead atoms. The Hall–Kier alpha value is -0.280. The highest BCUT2D eigenvalue weighted by molar-refractivity contribution is 6.36. The van der Waals surface area contributed by atoms with Crippen molar-refractivity contribution in [2.45, 2.75) is 38.2 Å². The van der Waals surface area contributed by atoms with Gasteiger partial charge in [0.05, 0.1) is 6.10 Å². The first-order valence-corrected chi connectivity index (χ1v) is 7.18. The van der Waals surface area contributed by atoms with Crippen LogP contribution in [0.25, 0.3) is 0 Å². The molecule has 1 atom stereocenters. The Labute approximate surface area is 118 Å². The van der Waals surface area contributed by atoms with E-state index in [2.05, 4.69) is 0 Å². The monoisotopic (exact) mass is 287 g/mol. The Balaban J connectivity index is 2.36. The van der Waals surface area contributed by atoms with E-state index in [4.69, 9.17) is 28.9 Å². The highest BCUT2D eigenvalue weighted by atomic mass is 35.5. The lowest BCUT2D eigenvalue weighted by Crippen LogP contribution is -2.38. The third-order valence-corrected chi connectivity index (χ3v) is 4.77. The van der Waals surface area contributed by atoms with Crippen LogP contribution in [0.1, 0.15) is 43.8 Å². The van der Waals surface area contributed by atoms with Crippen LogP contribution in [0.3, 0.4) is 0 Å². The lowest BCUT2D eigenvalue weighted by atomic mass is 9.68. The molecule has 0 aromatic heterocycles. The number of halogens is 2. The van der Waals surface area contributed by atoms with E-state index in [-0.39, 0.29) is 5.41 Å². The van der Waals surface area contributed by atoms with E-state index in [1.807, 2.05) is 0 Å². The summed E-state index contributed by atoms with van der Waals surface area (Å²) in [6, 6.07) is 5.31. The van der Waals surface area contributed by atoms with Crippen molar-refractivity contribution in [1.82, 2.24) is 0 Å². The summed E-state index contributed by atoms with van der Waals surface area (Å²) < 4.78 is 0. The van der Waals surface area contributed by atoms with Gasteiger partial charge in [0.2, 0.25) is 0 Å². The maximum Gasteiger partial charge on any atom is 0.0887 e. The lowest BCUT2D eigenvalue weighted by molar-refractivity contribution is 0.000833. The molecule has 0 spiro atoms. The van der Waals surface area contributed by atoms with Gasteiger partial charge in [-0.05, 0) is 25.0 Å². The third kappa shape index (κ3) is 2.53. The van der Waals surface area contributed by atoms with Crippen LogP contribution in [0, 0.1) is 5.41 Å². The van der Waals surface area contributed by atoms with Gasteiger partial charge in [0.15, 0.2) is 0 Å². The summed E-state index contributed by atoms with van der Waals surface area (Å²) in [5.74, 6) is 0. The first kappa shape index (κ1) is 14.1. The first-order valence-electron chi connectivity index (χ1n) is 6.43. The van der Waals surface area contributed by atoms with Crippen molar-refractivity contribution in [2.24, 2.45) is 11.1 Å². The van der Waals surface area contributed by atoms with Crippen molar-refractivity contribution < 1.29 is 5.11 Å². The molecule has 2 rings (SSSR count). The molecule has 1 unspecified atom stereocenters. The van der Waals surface area contributed by atoms with Gasteiger partial charge in [-0.2, -0.15) is 0 Å². The smallest absolute Gasteiger partial charge is 0.0887 e. The van der Waals surface area contributed by atoms with E-state index < -0.39 is 6.10 Å². The Morgan fingerprint density at radius 3 is 2.22 bits per heavy atom. The SMILES string of the molecule is NCC1(C(O)c2c(Cl)cccc2Cl)CCCCC1. The summed E-state index contributed by atoms with van der Waals surface area (Å²) in [7, 11) is 0. The Morgan fingerprint density at radius 1 is 1.17 bits per heavy atom. The molecule has 18 heavy (non-hydrogen) atoms.